The minimum Gasteiger partial charge on any atom is -0.456 e. The van der Waals surface area contributed by atoms with Crippen molar-refractivity contribution < 1.29 is 4.42 Å². The highest BCUT2D eigenvalue weighted by Gasteiger charge is 2.16. The molecule has 0 aliphatic carbocycles. The summed E-state index contributed by atoms with van der Waals surface area (Å²) in [6.45, 7) is 0. The Hall–Kier alpha value is -7.62. The molecule has 0 atom stereocenters. The third-order valence-corrected chi connectivity index (χ3v) is 11.7. The zero-order valence-electron chi connectivity index (χ0n) is 30.9. The van der Waals surface area contributed by atoms with Crippen LogP contribution in [0.2, 0.25) is 0 Å². The molecule has 3 nitrogen and oxygen atoms in total. The van der Waals surface area contributed by atoms with E-state index < -0.39 is 0 Å². The Labute approximate surface area is 328 Å². The van der Waals surface area contributed by atoms with Gasteiger partial charge in [-0.1, -0.05) is 127 Å². The molecule has 3 heteroatoms. The van der Waals surface area contributed by atoms with Gasteiger partial charge in [0.2, 0.25) is 0 Å². The highest BCUT2D eigenvalue weighted by atomic mass is 16.3. The summed E-state index contributed by atoms with van der Waals surface area (Å²) in [5, 5.41) is 7.30. The van der Waals surface area contributed by atoms with E-state index in [0.717, 1.165) is 27.6 Å². The van der Waals surface area contributed by atoms with E-state index in [9.17, 15) is 0 Å². The van der Waals surface area contributed by atoms with Gasteiger partial charge in [0.1, 0.15) is 11.2 Å². The fraction of sp³-hybridized carbons (Fsp3) is 0. The van der Waals surface area contributed by atoms with Crippen LogP contribution in [0.4, 0.5) is 0 Å². The number of aromatic nitrogens is 2. The molecule has 0 saturated heterocycles. The van der Waals surface area contributed by atoms with Gasteiger partial charge >= 0.3 is 0 Å². The van der Waals surface area contributed by atoms with Gasteiger partial charge in [-0.2, -0.15) is 0 Å². The van der Waals surface area contributed by atoms with E-state index in [1.165, 1.54) is 82.7 Å². The second-order valence-electron chi connectivity index (χ2n) is 14.9. The summed E-state index contributed by atoms with van der Waals surface area (Å²) in [5.74, 6) is 0. The Morgan fingerprint density at radius 1 is 0.246 bits per heavy atom. The van der Waals surface area contributed by atoms with Gasteiger partial charge in [0.25, 0.3) is 0 Å². The smallest absolute Gasteiger partial charge is 0.135 e. The monoisotopic (exact) mass is 726 g/mol. The number of hydrogen-bond donors (Lipinski definition) is 0. The number of fused-ring (bicyclic) bond motifs is 9. The molecular weight excluding hydrogens is 693 g/mol. The molecule has 3 aromatic heterocycles. The molecule has 3 heterocycles. The number of rotatable bonds is 5. The predicted molar refractivity (Wildman–Crippen MR) is 239 cm³/mol. The first-order valence-electron chi connectivity index (χ1n) is 19.5. The van der Waals surface area contributed by atoms with Crippen molar-refractivity contribution >= 4 is 65.6 Å². The number of para-hydroxylation sites is 4. The molecule has 0 saturated carbocycles. The SMILES string of the molecule is c1ccc(-n2c3ccccc3c3cc(-c4ccc(-c5ccc6c(c5)c5ccccc5n6-c5ccc(-c6ccc7oc8ccccc8c7c6)cc5)cc4)ccc32)cc1. The summed E-state index contributed by atoms with van der Waals surface area (Å²) in [7, 11) is 0. The maximum Gasteiger partial charge on any atom is 0.135 e. The van der Waals surface area contributed by atoms with E-state index in [-0.39, 0.29) is 0 Å². The van der Waals surface area contributed by atoms with Gasteiger partial charge in [0.15, 0.2) is 0 Å². The molecule has 12 aromatic rings. The Morgan fingerprint density at radius 2 is 0.632 bits per heavy atom. The summed E-state index contributed by atoms with van der Waals surface area (Å²) in [4.78, 5) is 0. The molecular formula is C54H34N2O. The average molecular weight is 727 g/mol. The third kappa shape index (κ3) is 4.99. The van der Waals surface area contributed by atoms with Crippen molar-refractivity contribution in [2.45, 2.75) is 0 Å². The Bertz CT molecular complexity index is 3490. The van der Waals surface area contributed by atoms with Crippen LogP contribution in [-0.4, -0.2) is 9.13 Å². The predicted octanol–water partition coefficient (Wildman–Crippen LogP) is 14.8. The third-order valence-electron chi connectivity index (χ3n) is 11.7. The van der Waals surface area contributed by atoms with Gasteiger partial charge < -0.3 is 13.6 Å². The summed E-state index contributed by atoms with van der Waals surface area (Å²) in [5.41, 5.74) is 16.1. The summed E-state index contributed by atoms with van der Waals surface area (Å²) in [6, 6.07) is 74.5. The largest absolute Gasteiger partial charge is 0.456 e. The van der Waals surface area contributed by atoms with Crippen LogP contribution < -0.4 is 0 Å². The van der Waals surface area contributed by atoms with Crippen LogP contribution in [0.5, 0.6) is 0 Å². The van der Waals surface area contributed by atoms with Crippen LogP contribution in [0.25, 0.3) is 110 Å². The second-order valence-corrected chi connectivity index (χ2v) is 14.9. The van der Waals surface area contributed by atoms with Gasteiger partial charge in [0, 0.05) is 43.7 Å². The van der Waals surface area contributed by atoms with Crippen molar-refractivity contribution in [2.24, 2.45) is 0 Å². The molecule has 0 aliphatic rings. The molecule has 0 N–H and O–H groups in total. The van der Waals surface area contributed by atoms with Gasteiger partial charge in [0.05, 0.1) is 22.1 Å². The fourth-order valence-corrected chi connectivity index (χ4v) is 9.00. The van der Waals surface area contributed by atoms with Crippen LogP contribution >= 0.6 is 0 Å². The number of hydrogen-bond acceptors (Lipinski definition) is 1. The molecule has 57 heavy (non-hydrogen) atoms. The van der Waals surface area contributed by atoms with E-state index in [1.807, 2.05) is 12.1 Å². The van der Waals surface area contributed by atoms with E-state index in [2.05, 4.69) is 203 Å². The van der Waals surface area contributed by atoms with Gasteiger partial charge in [-0.25, -0.2) is 0 Å². The average Bonchev–Trinajstić information content (AvgIpc) is 3.94. The first kappa shape index (κ1) is 31.7. The Kier molecular flexibility index (Phi) is 6.93. The van der Waals surface area contributed by atoms with E-state index in [1.54, 1.807) is 0 Å². The summed E-state index contributed by atoms with van der Waals surface area (Å²) >= 11 is 0. The van der Waals surface area contributed by atoms with Gasteiger partial charge in [-0.15, -0.1) is 0 Å². The van der Waals surface area contributed by atoms with Crippen molar-refractivity contribution in [3.63, 3.8) is 0 Å². The molecule has 0 amide bonds. The van der Waals surface area contributed by atoms with Crippen molar-refractivity contribution in [1.29, 1.82) is 0 Å². The maximum atomic E-state index is 6.09. The molecule has 266 valence electrons. The Morgan fingerprint density at radius 3 is 1.21 bits per heavy atom. The highest BCUT2D eigenvalue weighted by molar-refractivity contribution is 6.12. The first-order chi connectivity index (χ1) is 28.2. The standard InChI is InChI=1S/C54H34N2O/c1-2-10-41(11-3-1)55-49-15-7-4-12-43(49)46-32-38(24-29-51(46)55)35-18-20-36(21-19-35)39-25-30-52-47(33-39)44-13-5-8-16-50(44)56(52)42-27-22-37(23-28-42)40-26-31-54-48(34-40)45-14-6-9-17-53(45)57-54/h1-34H. The number of nitrogens with zero attached hydrogens (tertiary/aromatic N) is 2. The van der Waals surface area contributed by atoms with Gasteiger partial charge in [-0.3, -0.25) is 0 Å². The summed E-state index contributed by atoms with van der Waals surface area (Å²) < 4.78 is 10.8. The molecule has 0 radical (unpaired) electrons. The maximum absolute atomic E-state index is 6.09. The normalized spacial score (nSPS) is 11.9. The van der Waals surface area contributed by atoms with Crippen LogP contribution in [-0.2, 0) is 0 Å². The molecule has 0 spiro atoms. The topological polar surface area (TPSA) is 23.0 Å². The van der Waals surface area contributed by atoms with Gasteiger partial charge in [-0.05, 0) is 112 Å². The number of furan rings is 1. The Balaban J connectivity index is 0.889. The molecule has 0 unspecified atom stereocenters. The van der Waals surface area contributed by atoms with Crippen LogP contribution in [0.1, 0.15) is 0 Å². The van der Waals surface area contributed by atoms with Crippen molar-refractivity contribution in [3.8, 4) is 44.8 Å². The summed E-state index contributed by atoms with van der Waals surface area (Å²) in [6.07, 6.45) is 0. The van der Waals surface area contributed by atoms with Crippen molar-refractivity contribution in [3.05, 3.63) is 206 Å². The fourth-order valence-electron chi connectivity index (χ4n) is 9.00. The lowest BCUT2D eigenvalue weighted by Gasteiger charge is -2.10. The van der Waals surface area contributed by atoms with E-state index >= 15 is 0 Å². The van der Waals surface area contributed by atoms with Crippen LogP contribution in [0.3, 0.4) is 0 Å². The molecule has 12 rings (SSSR count). The first-order valence-corrected chi connectivity index (χ1v) is 19.5. The lowest BCUT2D eigenvalue weighted by molar-refractivity contribution is 0.669. The number of benzene rings is 9. The molecule has 0 bridgehead atoms. The quantitative estimate of drug-likeness (QED) is 0.173. The minimum absolute atomic E-state index is 0.915. The molecule has 0 aliphatic heterocycles. The van der Waals surface area contributed by atoms with Crippen LogP contribution in [0.15, 0.2) is 211 Å². The zero-order chi connectivity index (χ0) is 37.5. The minimum atomic E-state index is 0.915. The lowest BCUT2D eigenvalue weighted by atomic mass is 9.98. The van der Waals surface area contributed by atoms with Crippen LogP contribution in [0, 0.1) is 0 Å². The second kappa shape index (κ2) is 12.5. The highest BCUT2D eigenvalue weighted by Crippen LogP contribution is 2.39. The van der Waals surface area contributed by atoms with E-state index in [4.69, 9.17) is 4.42 Å². The van der Waals surface area contributed by atoms with E-state index in [0.29, 0.717) is 0 Å². The van der Waals surface area contributed by atoms with Crippen molar-refractivity contribution in [1.82, 2.24) is 9.13 Å². The van der Waals surface area contributed by atoms with Crippen molar-refractivity contribution in [2.75, 3.05) is 0 Å². The molecule has 9 aromatic carbocycles. The lowest BCUT2D eigenvalue weighted by Crippen LogP contribution is -1.93. The molecule has 0 fully saturated rings. The zero-order valence-corrected chi connectivity index (χ0v) is 30.9.